The van der Waals surface area contributed by atoms with Gasteiger partial charge >= 0.3 is 0 Å². The maximum absolute atomic E-state index is 12.9. The van der Waals surface area contributed by atoms with Crippen LogP contribution in [0.25, 0.3) is 22.4 Å². The lowest BCUT2D eigenvalue weighted by Crippen LogP contribution is -2.40. The quantitative estimate of drug-likeness (QED) is 0.325. The predicted molar refractivity (Wildman–Crippen MR) is 138 cm³/mol. The van der Waals surface area contributed by atoms with Crippen molar-refractivity contribution < 1.29 is 17.6 Å². The van der Waals surface area contributed by atoms with Gasteiger partial charge in [-0.05, 0) is 49.7 Å². The molecule has 0 N–H and O–H groups in total. The monoisotopic (exact) mass is 511 g/mol. The van der Waals surface area contributed by atoms with E-state index in [9.17, 15) is 8.42 Å². The number of ether oxygens (including phenoxy) is 1. The first-order valence-electron chi connectivity index (χ1n) is 11.9. The summed E-state index contributed by atoms with van der Waals surface area (Å²) in [5.41, 5.74) is 2.57. The standard InChI is InChI=1S/C26H29N3O4S2/c1-3-6-19(2)29-23(25-17-20-7-4-5-8-24(20)33-25)18-34-26(29)27-21-9-11-22(12-10-21)35(30,31)28-13-15-32-16-14-28/h4-5,7-12,17-19H,3,6,13-16H2,1-2H3. The lowest BCUT2D eigenvalue weighted by Gasteiger charge is -2.26. The van der Waals surface area contributed by atoms with Crippen molar-refractivity contribution in [2.24, 2.45) is 4.99 Å². The molecule has 1 atom stereocenters. The fourth-order valence-corrected chi connectivity index (χ4v) is 6.81. The molecule has 1 fully saturated rings. The van der Waals surface area contributed by atoms with E-state index in [0.717, 1.165) is 40.1 Å². The minimum absolute atomic E-state index is 0.231. The zero-order valence-electron chi connectivity index (χ0n) is 19.9. The van der Waals surface area contributed by atoms with Crippen LogP contribution < -0.4 is 4.80 Å². The Bertz CT molecular complexity index is 1440. The van der Waals surface area contributed by atoms with Crippen LogP contribution in [0, 0.1) is 0 Å². The molecule has 0 bridgehead atoms. The summed E-state index contributed by atoms with van der Waals surface area (Å²) in [6, 6.07) is 17.1. The summed E-state index contributed by atoms with van der Waals surface area (Å²) in [4.78, 5) is 6.02. The third-order valence-corrected chi connectivity index (χ3v) is 8.99. The second-order valence-corrected chi connectivity index (χ2v) is 11.5. The van der Waals surface area contributed by atoms with E-state index in [-0.39, 0.29) is 10.9 Å². The number of nitrogens with zero attached hydrogens (tertiary/aromatic N) is 3. The number of fused-ring (bicyclic) bond motifs is 1. The summed E-state index contributed by atoms with van der Waals surface area (Å²) in [6.45, 7) is 5.98. The predicted octanol–water partition coefficient (Wildman–Crippen LogP) is 5.58. The Hall–Kier alpha value is -2.72. The van der Waals surface area contributed by atoms with Gasteiger partial charge in [0.1, 0.15) is 5.58 Å². The zero-order chi connectivity index (χ0) is 24.4. The molecule has 2 aromatic carbocycles. The molecule has 35 heavy (non-hydrogen) atoms. The molecule has 0 amide bonds. The maximum Gasteiger partial charge on any atom is 0.243 e. The minimum Gasteiger partial charge on any atom is -0.454 e. The van der Waals surface area contributed by atoms with Crippen molar-refractivity contribution in [1.29, 1.82) is 0 Å². The van der Waals surface area contributed by atoms with Crippen molar-refractivity contribution in [2.75, 3.05) is 26.3 Å². The number of para-hydroxylation sites is 1. The van der Waals surface area contributed by atoms with Gasteiger partial charge in [-0.25, -0.2) is 13.4 Å². The van der Waals surface area contributed by atoms with E-state index in [1.54, 1.807) is 35.6 Å². The van der Waals surface area contributed by atoms with Gasteiger partial charge in [0.15, 0.2) is 10.6 Å². The van der Waals surface area contributed by atoms with Crippen LogP contribution in [-0.4, -0.2) is 43.6 Å². The number of aromatic nitrogens is 1. The van der Waals surface area contributed by atoms with E-state index in [0.29, 0.717) is 32.0 Å². The summed E-state index contributed by atoms with van der Waals surface area (Å²) in [6.07, 6.45) is 2.06. The molecule has 7 nitrogen and oxygen atoms in total. The van der Waals surface area contributed by atoms with Gasteiger partial charge in [-0.15, -0.1) is 11.3 Å². The number of hydrogen-bond acceptors (Lipinski definition) is 6. The van der Waals surface area contributed by atoms with Crippen molar-refractivity contribution in [2.45, 2.75) is 37.6 Å². The van der Waals surface area contributed by atoms with Crippen molar-refractivity contribution in [1.82, 2.24) is 8.87 Å². The average Bonchev–Trinajstić information content (AvgIpc) is 3.49. The molecule has 0 aliphatic carbocycles. The van der Waals surface area contributed by atoms with Gasteiger partial charge in [-0.3, -0.25) is 0 Å². The van der Waals surface area contributed by atoms with Crippen LogP contribution in [-0.2, 0) is 14.8 Å². The van der Waals surface area contributed by atoms with Crippen molar-refractivity contribution in [3.05, 3.63) is 64.8 Å². The first-order chi connectivity index (χ1) is 17.0. The van der Waals surface area contributed by atoms with Gasteiger partial charge in [-0.2, -0.15) is 4.31 Å². The minimum atomic E-state index is -3.53. The Labute approximate surface area is 209 Å². The van der Waals surface area contributed by atoms with Crippen LogP contribution >= 0.6 is 11.3 Å². The lowest BCUT2D eigenvalue weighted by molar-refractivity contribution is 0.0730. The molecule has 0 spiro atoms. The van der Waals surface area contributed by atoms with Crippen molar-refractivity contribution >= 4 is 38.0 Å². The first-order valence-corrected chi connectivity index (χ1v) is 14.2. The van der Waals surface area contributed by atoms with Gasteiger partial charge in [0.25, 0.3) is 0 Å². The molecule has 184 valence electrons. The fourth-order valence-electron chi connectivity index (χ4n) is 4.40. The summed E-state index contributed by atoms with van der Waals surface area (Å²) in [5, 5.41) is 3.15. The molecule has 5 rings (SSSR count). The molecular weight excluding hydrogens is 482 g/mol. The Morgan fingerprint density at radius 3 is 2.54 bits per heavy atom. The van der Waals surface area contributed by atoms with Crippen LogP contribution in [0.4, 0.5) is 5.69 Å². The Morgan fingerprint density at radius 2 is 1.83 bits per heavy atom. The number of thiazole rings is 1. The highest BCUT2D eigenvalue weighted by Crippen LogP contribution is 2.31. The molecule has 1 aliphatic heterocycles. The summed E-state index contributed by atoms with van der Waals surface area (Å²) >= 11 is 1.56. The average molecular weight is 512 g/mol. The number of hydrogen-bond donors (Lipinski definition) is 0. The molecule has 0 radical (unpaired) electrons. The number of furan rings is 1. The highest BCUT2D eigenvalue weighted by molar-refractivity contribution is 7.89. The summed E-state index contributed by atoms with van der Waals surface area (Å²) in [5.74, 6) is 0.818. The van der Waals surface area contributed by atoms with E-state index in [1.165, 1.54) is 4.31 Å². The van der Waals surface area contributed by atoms with Crippen LogP contribution in [0.1, 0.15) is 32.7 Å². The summed E-state index contributed by atoms with van der Waals surface area (Å²) in [7, 11) is -3.53. The SMILES string of the molecule is CCCC(C)n1c(-c2cc3ccccc3o2)csc1=Nc1ccc(S(=O)(=O)N2CCOCC2)cc1. The Kier molecular flexibility index (Phi) is 6.93. The van der Waals surface area contributed by atoms with E-state index in [4.69, 9.17) is 14.1 Å². The molecule has 2 aromatic heterocycles. The normalized spacial score (nSPS) is 16.7. The van der Waals surface area contributed by atoms with E-state index >= 15 is 0 Å². The van der Waals surface area contributed by atoms with Crippen LogP contribution in [0.3, 0.4) is 0 Å². The number of benzene rings is 2. The van der Waals surface area contributed by atoms with Crippen LogP contribution in [0.2, 0.25) is 0 Å². The van der Waals surface area contributed by atoms with Crippen LogP contribution in [0.15, 0.2) is 74.3 Å². The van der Waals surface area contributed by atoms with Gasteiger partial charge in [0.2, 0.25) is 10.0 Å². The van der Waals surface area contributed by atoms with E-state index < -0.39 is 10.0 Å². The molecule has 1 unspecified atom stereocenters. The first kappa shape index (κ1) is 24.0. The Morgan fingerprint density at radius 1 is 1.09 bits per heavy atom. The van der Waals surface area contributed by atoms with E-state index in [2.05, 4.69) is 29.9 Å². The molecule has 1 saturated heterocycles. The lowest BCUT2D eigenvalue weighted by atomic mass is 10.2. The third-order valence-electron chi connectivity index (χ3n) is 6.24. The number of sulfonamides is 1. The smallest absolute Gasteiger partial charge is 0.243 e. The second kappa shape index (κ2) is 10.1. The zero-order valence-corrected chi connectivity index (χ0v) is 21.5. The largest absolute Gasteiger partial charge is 0.454 e. The molecular formula is C26H29N3O4S2. The molecule has 3 heterocycles. The van der Waals surface area contributed by atoms with Gasteiger partial charge in [-0.1, -0.05) is 31.5 Å². The summed E-state index contributed by atoms with van der Waals surface area (Å²) < 4.78 is 41.0. The maximum atomic E-state index is 12.9. The number of rotatable bonds is 7. The van der Waals surface area contributed by atoms with E-state index in [1.807, 2.05) is 24.3 Å². The molecule has 4 aromatic rings. The van der Waals surface area contributed by atoms with Gasteiger partial charge < -0.3 is 13.7 Å². The fraction of sp³-hybridized carbons (Fsp3) is 0.346. The third kappa shape index (κ3) is 4.86. The van der Waals surface area contributed by atoms with Gasteiger partial charge in [0, 0.05) is 29.9 Å². The second-order valence-electron chi connectivity index (χ2n) is 8.68. The Balaban J connectivity index is 1.51. The topological polar surface area (TPSA) is 77.0 Å². The molecule has 1 aliphatic rings. The van der Waals surface area contributed by atoms with Crippen LogP contribution in [0.5, 0.6) is 0 Å². The van der Waals surface area contributed by atoms with Gasteiger partial charge in [0.05, 0.1) is 29.5 Å². The van der Waals surface area contributed by atoms with Crippen molar-refractivity contribution in [3.8, 4) is 11.5 Å². The molecule has 0 saturated carbocycles. The van der Waals surface area contributed by atoms with Crippen molar-refractivity contribution in [3.63, 3.8) is 0 Å². The number of morpholine rings is 1. The molecule has 9 heteroatoms. The highest BCUT2D eigenvalue weighted by atomic mass is 32.2. The highest BCUT2D eigenvalue weighted by Gasteiger charge is 2.26.